The van der Waals surface area contributed by atoms with E-state index in [4.69, 9.17) is 29.5 Å². The van der Waals surface area contributed by atoms with Gasteiger partial charge in [0.1, 0.15) is 24.1 Å². The Morgan fingerprint density at radius 1 is 0.873 bits per heavy atom. The van der Waals surface area contributed by atoms with Crippen LogP contribution in [-0.2, 0) is 23.1 Å². The highest BCUT2D eigenvalue weighted by molar-refractivity contribution is 7.47. The molecule has 0 saturated carbocycles. The Morgan fingerprint density at radius 3 is 2.05 bits per heavy atom. The second-order valence-corrected chi connectivity index (χ2v) is 15.3. The second-order valence-electron chi connectivity index (χ2n) is 13.9. The minimum atomic E-state index is -4.82. The number of ether oxygens (including phenoxy) is 2. The number of nitrogens with zero attached hydrogens (tertiary/aromatic N) is 4. The van der Waals surface area contributed by atoms with Crippen molar-refractivity contribution in [2.75, 3.05) is 32.2 Å². The number of anilines is 1. The summed E-state index contributed by atoms with van der Waals surface area (Å²) in [7, 11) is -4.82. The third-order valence-corrected chi connectivity index (χ3v) is 10.3. The van der Waals surface area contributed by atoms with Crippen molar-refractivity contribution in [3.8, 4) is 6.26 Å². The number of nitriles is 1. The molecule has 0 radical (unpaired) electrons. The van der Waals surface area contributed by atoms with Crippen molar-refractivity contribution in [3.05, 3.63) is 60.0 Å². The number of aromatic nitrogens is 3. The maximum atomic E-state index is 12.9. The molecule has 306 valence electrons. The quantitative estimate of drug-likeness (QED) is 0.0258. The number of amides is 1. The molecule has 6 N–H and O–H groups in total. The van der Waals surface area contributed by atoms with E-state index in [1.54, 1.807) is 30.3 Å². The van der Waals surface area contributed by atoms with E-state index in [1.165, 1.54) is 113 Å². The maximum Gasteiger partial charge on any atom is 0.472 e. The first-order valence-electron chi connectivity index (χ1n) is 19.7. The summed E-state index contributed by atoms with van der Waals surface area (Å²) in [6, 6.07) is 10.7. The summed E-state index contributed by atoms with van der Waals surface area (Å²) in [6.45, 7) is 1.46. The minimum Gasteiger partial charge on any atom is -0.419 e. The zero-order chi connectivity index (χ0) is 39.7. The number of nitrogen functional groups attached to an aromatic ring is 1. The van der Waals surface area contributed by atoms with Gasteiger partial charge in [-0.3, -0.25) is 13.8 Å². The molecule has 3 rings (SSSR count). The van der Waals surface area contributed by atoms with Gasteiger partial charge in [-0.05, 0) is 30.7 Å². The Bertz CT molecular complexity index is 1590. The number of benzene rings is 1. The molecule has 15 nitrogen and oxygen atoms in total. The average Bonchev–Trinajstić information content (AvgIpc) is 3.63. The smallest absolute Gasteiger partial charge is 0.419 e. The van der Waals surface area contributed by atoms with Crippen LogP contribution in [0.1, 0.15) is 132 Å². The zero-order valence-corrected chi connectivity index (χ0v) is 33.1. The van der Waals surface area contributed by atoms with E-state index < -0.39 is 51.3 Å². The number of rotatable bonds is 31. The SMILES string of the molecule is CCCCCCCCCCCCCCCCCCOC[C@H](COP(=O)(O)OC[C@@H](OC#N)[C@@H](O)[C@@H](O)c1ccc2c(N)ncnn12)NC(=O)c1ccccc1. The molecule has 5 atom stereocenters. The Kier molecular flexibility index (Phi) is 21.9. The number of phosphoric acid groups is 1. The van der Waals surface area contributed by atoms with E-state index in [-0.39, 0.29) is 18.1 Å². The van der Waals surface area contributed by atoms with Gasteiger partial charge in [-0.1, -0.05) is 121 Å². The number of nitrogens with one attached hydrogen (secondary N) is 1. The molecule has 0 spiro atoms. The second kappa shape index (κ2) is 26.3. The Balaban J connectivity index is 1.39. The van der Waals surface area contributed by atoms with Crippen molar-refractivity contribution in [1.29, 1.82) is 5.26 Å². The van der Waals surface area contributed by atoms with Crippen molar-refractivity contribution in [2.45, 2.75) is 134 Å². The average molecular weight is 789 g/mol. The van der Waals surface area contributed by atoms with Gasteiger partial charge >= 0.3 is 7.82 Å². The predicted molar refractivity (Wildman–Crippen MR) is 209 cm³/mol. The standard InChI is InChI=1S/C39H61N6O9P/c1-2-3-4-5-6-7-8-9-10-11-12-13-14-15-16-20-25-51-26-32(44-39(48)31-21-18-17-19-22-31)27-53-55(49,50)54-28-35(52-29-40)37(47)36(46)33-23-24-34-38(41)42-30-43-45(33)34/h17-19,21-24,30,32,35-37,46-47H,2-16,20,25-28H2,1H3,(H,44,48)(H,49,50)(H2,41,42,43)/t32-,35-,36+,37-/m1/s1. The maximum absolute atomic E-state index is 12.9. The van der Waals surface area contributed by atoms with Crippen LogP contribution in [0.3, 0.4) is 0 Å². The van der Waals surface area contributed by atoms with Gasteiger partial charge in [-0.15, -0.1) is 0 Å². The molecule has 0 aliphatic carbocycles. The summed E-state index contributed by atoms with van der Waals surface area (Å²) in [5, 5.41) is 37.7. The van der Waals surface area contributed by atoms with Crippen LogP contribution in [0.15, 0.2) is 48.8 Å². The van der Waals surface area contributed by atoms with Crippen LogP contribution in [0.4, 0.5) is 5.82 Å². The lowest BCUT2D eigenvalue weighted by Gasteiger charge is -2.25. The van der Waals surface area contributed by atoms with Gasteiger partial charge in [-0.25, -0.2) is 14.1 Å². The lowest BCUT2D eigenvalue weighted by molar-refractivity contribution is -0.0797. The van der Waals surface area contributed by atoms with E-state index in [9.17, 15) is 24.5 Å². The van der Waals surface area contributed by atoms with E-state index in [0.717, 1.165) is 19.3 Å². The summed E-state index contributed by atoms with van der Waals surface area (Å²) in [5.41, 5.74) is 6.70. The number of carbonyl (C=O) groups is 1. The summed E-state index contributed by atoms with van der Waals surface area (Å²) in [4.78, 5) is 27.2. The number of nitrogens with two attached hydrogens (primary N) is 1. The van der Waals surface area contributed by atoms with Crippen molar-refractivity contribution < 1.29 is 43.0 Å². The third kappa shape index (κ3) is 17.4. The number of unbranched alkanes of at least 4 members (excludes halogenated alkanes) is 15. The molecule has 55 heavy (non-hydrogen) atoms. The van der Waals surface area contributed by atoms with Gasteiger partial charge in [0.25, 0.3) is 12.2 Å². The first-order valence-corrected chi connectivity index (χ1v) is 21.2. The molecule has 0 bridgehead atoms. The minimum absolute atomic E-state index is 0.0156. The van der Waals surface area contributed by atoms with Gasteiger partial charge < -0.3 is 35.6 Å². The third-order valence-electron chi connectivity index (χ3n) is 9.40. The van der Waals surface area contributed by atoms with Crippen molar-refractivity contribution in [3.63, 3.8) is 0 Å². The van der Waals surface area contributed by atoms with Crippen LogP contribution in [-0.4, -0.2) is 80.3 Å². The van der Waals surface area contributed by atoms with Crippen molar-refractivity contribution in [1.82, 2.24) is 19.9 Å². The molecular weight excluding hydrogens is 727 g/mol. The van der Waals surface area contributed by atoms with Gasteiger partial charge in [0.15, 0.2) is 11.9 Å². The molecule has 3 aromatic rings. The molecule has 1 amide bonds. The normalized spacial score (nSPS) is 14.8. The number of aliphatic hydroxyl groups is 2. The summed E-state index contributed by atoms with van der Waals surface area (Å²) >= 11 is 0. The van der Waals surface area contributed by atoms with E-state index >= 15 is 0 Å². The lowest BCUT2D eigenvalue weighted by Crippen LogP contribution is -2.41. The van der Waals surface area contributed by atoms with Crippen LogP contribution in [0.2, 0.25) is 0 Å². The zero-order valence-electron chi connectivity index (χ0n) is 32.2. The summed E-state index contributed by atoms with van der Waals surface area (Å²) in [6.07, 6.45) is 17.7. The van der Waals surface area contributed by atoms with Gasteiger partial charge in [0.2, 0.25) is 0 Å². The molecule has 0 aliphatic heterocycles. The molecule has 0 aliphatic rings. The van der Waals surface area contributed by atoms with Gasteiger partial charge in [-0.2, -0.15) is 10.4 Å². The largest absolute Gasteiger partial charge is 0.472 e. The number of carbonyl (C=O) groups excluding carboxylic acids is 1. The Hall–Kier alpha value is -3.61. The van der Waals surface area contributed by atoms with Crippen molar-refractivity contribution in [2.24, 2.45) is 0 Å². The Morgan fingerprint density at radius 2 is 1.45 bits per heavy atom. The lowest BCUT2D eigenvalue weighted by atomic mass is 10.0. The molecule has 2 heterocycles. The molecule has 1 aromatic carbocycles. The van der Waals surface area contributed by atoms with Crippen LogP contribution in [0.5, 0.6) is 0 Å². The number of phosphoric ester groups is 1. The first-order chi connectivity index (χ1) is 26.7. The summed E-state index contributed by atoms with van der Waals surface area (Å²) < 4.78 is 35.1. The van der Waals surface area contributed by atoms with Crippen molar-refractivity contribution >= 4 is 25.1 Å². The number of aliphatic hydroxyl groups excluding tert-OH is 2. The van der Waals surface area contributed by atoms with Crippen LogP contribution >= 0.6 is 7.82 Å². The fraction of sp³-hybridized carbons (Fsp3) is 0.641. The molecule has 16 heteroatoms. The molecule has 1 unspecified atom stereocenters. The fourth-order valence-electron chi connectivity index (χ4n) is 6.20. The molecule has 0 saturated heterocycles. The highest BCUT2D eigenvalue weighted by atomic mass is 31.2. The van der Waals surface area contributed by atoms with Gasteiger partial charge in [0, 0.05) is 12.2 Å². The van der Waals surface area contributed by atoms with Crippen LogP contribution in [0, 0.1) is 11.5 Å². The monoisotopic (exact) mass is 788 g/mol. The fourth-order valence-corrected chi connectivity index (χ4v) is 6.98. The highest BCUT2D eigenvalue weighted by Gasteiger charge is 2.35. The van der Waals surface area contributed by atoms with Gasteiger partial charge in [0.05, 0.1) is 31.6 Å². The molecule has 2 aromatic heterocycles. The molecular formula is C39H61N6O9P. The number of fused-ring (bicyclic) bond motifs is 1. The summed E-state index contributed by atoms with van der Waals surface area (Å²) in [5.74, 6) is -0.281. The predicted octanol–water partition coefficient (Wildman–Crippen LogP) is 6.78. The molecule has 0 fully saturated rings. The number of hydrogen-bond donors (Lipinski definition) is 5. The van der Waals surface area contributed by atoms with Crippen LogP contribution < -0.4 is 11.1 Å². The van der Waals surface area contributed by atoms with Crippen LogP contribution in [0.25, 0.3) is 5.52 Å². The van der Waals surface area contributed by atoms with E-state index in [0.29, 0.717) is 17.7 Å². The van der Waals surface area contributed by atoms with E-state index in [1.807, 2.05) is 0 Å². The van der Waals surface area contributed by atoms with E-state index in [2.05, 4.69) is 22.3 Å². The topological polar surface area (TPSA) is 224 Å². The number of hydrogen-bond acceptors (Lipinski definition) is 12. The highest BCUT2D eigenvalue weighted by Crippen LogP contribution is 2.43. The Labute approximate surface area is 325 Å². The first kappa shape index (κ1) is 45.8.